The molecule has 1 N–H and O–H groups in total. The molecule has 7 nitrogen and oxygen atoms in total. The molecule has 30 heavy (non-hydrogen) atoms. The number of hydrogen-bond acceptors (Lipinski definition) is 6. The highest BCUT2D eigenvalue weighted by molar-refractivity contribution is 7.99. The number of halogens is 1. The van der Waals surface area contributed by atoms with E-state index >= 15 is 0 Å². The van der Waals surface area contributed by atoms with E-state index in [9.17, 15) is 9.59 Å². The maximum Gasteiger partial charge on any atom is 0.340 e. The largest absolute Gasteiger partial charge is 0.452 e. The van der Waals surface area contributed by atoms with Gasteiger partial charge in [0.15, 0.2) is 12.3 Å². The van der Waals surface area contributed by atoms with Gasteiger partial charge in [0.25, 0.3) is 5.91 Å². The molecule has 0 unspecified atom stereocenters. The monoisotopic (exact) mass is 438 g/mol. The second-order valence-electron chi connectivity index (χ2n) is 6.19. The Labute approximate surface area is 181 Å². The number of amides is 1. The number of aromatic nitrogens is 3. The standard InChI is InChI=1S/C21H15ClN4O3S/c22-15-6-8-16(9-7-15)30-18-4-2-1-3-17(18)24-20(27)12-29-21(28)14-5-10-19-25-23-13-26(19)11-14/h1-11,13H,12H2,(H,24,27). The molecule has 2 heterocycles. The molecule has 4 rings (SSSR count). The molecule has 9 heteroatoms. The van der Waals surface area contributed by atoms with Gasteiger partial charge < -0.3 is 10.1 Å². The molecule has 0 aliphatic carbocycles. The third kappa shape index (κ3) is 4.79. The predicted molar refractivity (Wildman–Crippen MR) is 114 cm³/mol. The number of rotatable bonds is 6. The molecule has 0 radical (unpaired) electrons. The molecule has 2 aromatic carbocycles. The van der Waals surface area contributed by atoms with Gasteiger partial charge in [0, 0.05) is 21.0 Å². The molecule has 150 valence electrons. The minimum absolute atomic E-state index is 0.300. The van der Waals surface area contributed by atoms with Gasteiger partial charge in [-0.25, -0.2) is 4.79 Å². The van der Waals surface area contributed by atoms with Crippen LogP contribution in [-0.2, 0) is 9.53 Å². The Bertz CT molecular complexity index is 1210. The van der Waals surface area contributed by atoms with Crippen LogP contribution >= 0.6 is 23.4 Å². The number of anilines is 1. The molecule has 0 saturated carbocycles. The number of benzene rings is 2. The molecule has 4 aromatic rings. The Morgan fingerprint density at radius 1 is 1.07 bits per heavy atom. The first-order chi connectivity index (χ1) is 14.6. The van der Waals surface area contributed by atoms with E-state index in [2.05, 4.69) is 15.5 Å². The Morgan fingerprint density at radius 2 is 1.87 bits per heavy atom. The zero-order valence-electron chi connectivity index (χ0n) is 15.5. The van der Waals surface area contributed by atoms with Crippen LogP contribution in [0, 0.1) is 0 Å². The average molecular weight is 439 g/mol. The molecule has 0 bridgehead atoms. The minimum Gasteiger partial charge on any atom is -0.452 e. The van der Waals surface area contributed by atoms with Gasteiger partial charge >= 0.3 is 5.97 Å². The van der Waals surface area contributed by atoms with Gasteiger partial charge in [-0.3, -0.25) is 9.20 Å². The zero-order chi connectivity index (χ0) is 20.9. The lowest BCUT2D eigenvalue weighted by molar-refractivity contribution is -0.119. The molecule has 0 spiro atoms. The Kier molecular flexibility index (Phi) is 5.97. The minimum atomic E-state index is -0.607. The number of carbonyl (C=O) groups excluding carboxylic acids is 2. The van der Waals surface area contributed by atoms with Crippen molar-refractivity contribution >= 4 is 46.6 Å². The number of pyridine rings is 1. The molecule has 0 aliphatic rings. The summed E-state index contributed by atoms with van der Waals surface area (Å²) in [7, 11) is 0. The van der Waals surface area contributed by atoms with Crippen LogP contribution in [0.5, 0.6) is 0 Å². The van der Waals surface area contributed by atoms with Gasteiger partial charge in [0.1, 0.15) is 6.33 Å². The lowest BCUT2D eigenvalue weighted by Gasteiger charge is -2.11. The second kappa shape index (κ2) is 8.98. The highest BCUT2D eigenvalue weighted by Crippen LogP contribution is 2.33. The van der Waals surface area contributed by atoms with Crippen LogP contribution in [0.2, 0.25) is 5.02 Å². The van der Waals surface area contributed by atoms with E-state index in [0.717, 1.165) is 9.79 Å². The number of para-hydroxylation sites is 1. The summed E-state index contributed by atoms with van der Waals surface area (Å²) >= 11 is 7.42. The lowest BCUT2D eigenvalue weighted by atomic mass is 10.3. The smallest absolute Gasteiger partial charge is 0.340 e. The maximum absolute atomic E-state index is 12.3. The van der Waals surface area contributed by atoms with Crippen molar-refractivity contribution in [1.82, 2.24) is 14.6 Å². The van der Waals surface area contributed by atoms with Crippen molar-refractivity contribution in [1.29, 1.82) is 0 Å². The van der Waals surface area contributed by atoms with E-state index in [1.807, 2.05) is 42.5 Å². The summed E-state index contributed by atoms with van der Waals surface area (Å²) in [5, 5.41) is 11.1. The molecule has 0 aliphatic heterocycles. The summed E-state index contributed by atoms with van der Waals surface area (Å²) in [5.74, 6) is -1.04. The summed E-state index contributed by atoms with van der Waals surface area (Å²) in [5.41, 5.74) is 1.54. The lowest BCUT2D eigenvalue weighted by Crippen LogP contribution is -2.21. The molecular formula is C21H15ClN4O3S. The maximum atomic E-state index is 12.3. The Balaban J connectivity index is 1.38. The van der Waals surface area contributed by atoms with Crippen molar-refractivity contribution < 1.29 is 14.3 Å². The summed E-state index contributed by atoms with van der Waals surface area (Å²) in [6.07, 6.45) is 3.03. The second-order valence-corrected chi connectivity index (χ2v) is 7.74. The average Bonchev–Trinajstić information content (AvgIpc) is 3.23. The number of nitrogens with zero attached hydrogens (tertiary/aromatic N) is 3. The van der Waals surface area contributed by atoms with E-state index in [0.29, 0.717) is 21.9 Å². The van der Waals surface area contributed by atoms with Crippen LogP contribution in [0.15, 0.2) is 83.0 Å². The van der Waals surface area contributed by atoms with Crippen molar-refractivity contribution in [3.8, 4) is 0 Å². The Morgan fingerprint density at radius 3 is 2.70 bits per heavy atom. The Hall–Kier alpha value is -3.36. The van der Waals surface area contributed by atoms with Crippen molar-refractivity contribution in [2.24, 2.45) is 0 Å². The number of esters is 1. The fourth-order valence-electron chi connectivity index (χ4n) is 2.64. The number of carbonyl (C=O) groups is 2. The molecule has 2 aromatic heterocycles. The molecular weight excluding hydrogens is 424 g/mol. The summed E-state index contributed by atoms with van der Waals surface area (Å²) < 4.78 is 6.73. The SMILES string of the molecule is O=C(COC(=O)c1ccc2nncn2c1)Nc1ccccc1Sc1ccc(Cl)cc1. The van der Waals surface area contributed by atoms with Gasteiger partial charge in [-0.1, -0.05) is 35.5 Å². The van der Waals surface area contributed by atoms with Crippen LogP contribution in [0.1, 0.15) is 10.4 Å². The molecule has 0 atom stereocenters. The fraction of sp³-hybridized carbons (Fsp3) is 0.0476. The molecule has 0 fully saturated rings. The number of nitrogens with one attached hydrogen (secondary N) is 1. The van der Waals surface area contributed by atoms with E-state index < -0.39 is 18.5 Å². The van der Waals surface area contributed by atoms with E-state index in [1.54, 1.807) is 28.8 Å². The van der Waals surface area contributed by atoms with Crippen molar-refractivity contribution in [3.63, 3.8) is 0 Å². The van der Waals surface area contributed by atoms with Crippen molar-refractivity contribution in [2.45, 2.75) is 9.79 Å². The summed E-state index contributed by atoms with van der Waals surface area (Å²) in [6.45, 7) is -0.404. The van der Waals surface area contributed by atoms with Crippen LogP contribution in [0.4, 0.5) is 5.69 Å². The zero-order valence-corrected chi connectivity index (χ0v) is 17.1. The first kappa shape index (κ1) is 19.9. The van der Waals surface area contributed by atoms with E-state index in [4.69, 9.17) is 16.3 Å². The third-order valence-electron chi connectivity index (χ3n) is 4.06. The van der Waals surface area contributed by atoms with Crippen molar-refractivity contribution in [2.75, 3.05) is 11.9 Å². The first-order valence-corrected chi connectivity index (χ1v) is 10.1. The number of fused-ring (bicyclic) bond motifs is 1. The van der Waals surface area contributed by atoms with Gasteiger partial charge in [0.05, 0.1) is 11.3 Å². The van der Waals surface area contributed by atoms with Crippen LogP contribution in [0.25, 0.3) is 5.65 Å². The quantitative estimate of drug-likeness (QED) is 0.451. The predicted octanol–water partition coefficient (Wildman–Crippen LogP) is 4.33. The van der Waals surface area contributed by atoms with Gasteiger partial charge in [-0.15, -0.1) is 10.2 Å². The number of hydrogen-bond donors (Lipinski definition) is 1. The third-order valence-corrected chi connectivity index (χ3v) is 5.40. The van der Waals surface area contributed by atoms with Crippen LogP contribution in [-0.4, -0.2) is 33.1 Å². The topological polar surface area (TPSA) is 85.6 Å². The fourth-order valence-corrected chi connectivity index (χ4v) is 3.67. The summed E-state index contributed by atoms with van der Waals surface area (Å²) in [6, 6.07) is 18.0. The van der Waals surface area contributed by atoms with Crippen LogP contribution < -0.4 is 5.32 Å². The molecule has 1 amide bonds. The normalized spacial score (nSPS) is 10.7. The molecule has 0 saturated heterocycles. The van der Waals surface area contributed by atoms with Crippen LogP contribution in [0.3, 0.4) is 0 Å². The van der Waals surface area contributed by atoms with E-state index in [-0.39, 0.29) is 0 Å². The highest BCUT2D eigenvalue weighted by Gasteiger charge is 2.13. The van der Waals surface area contributed by atoms with Gasteiger partial charge in [-0.2, -0.15) is 0 Å². The van der Waals surface area contributed by atoms with Crippen molar-refractivity contribution in [3.05, 3.63) is 83.8 Å². The van der Waals surface area contributed by atoms with E-state index in [1.165, 1.54) is 18.1 Å². The first-order valence-electron chi connectivity index (χ1n) is 8.87. The van der Waals surface area contributed by atoms with Gasteiger partial charge in [-0.05, 0) is 48.5 Å². The van der Waals surface area contributed by atoms with Gasteiger partial charge in [0.2, 0.25) is 0 Å². The number of ether oxygens (including phenoxy) is 1. The highest BCUT2D eigenvalue weighted by atomic mass is 35.5. The summed E-state index contributed by atoms with van der Waals surface area (Å²) in [4.78, 5) is 26.4.